The van der Waals surface area contributed by atoms with Gasteiger partial charge in [-0.25, -0.2) is 18.4 Å². The molecule has 0 aliphatic rings. The molecule has 8 rings (SSSR count). The zero-order chi connectivity index (χ0) is 53.5. The van der Waals surface area contributed by atoms with E-state index in [1.54, 1.807) is 36.4 Å². The molecule has 0 saturated heterocycles. The summed E-state index contributed by atoms with van der Waals surface area (Å²) >= 11 is 13.9. The number of ketones is 1. The number of aliphatic hydroxyl groups excluding tert-OH is 1. The maximum absolute atomic E-state index is 14.2. The van der Waals surface area contributed by atoms with Gasteiger partial charge < -0.3 is 29.5 Å². The van der Waals surface area contributed by atoms with E-state index < -0.39 is 60.4 Å². The highest BCUT2D eigenvalue weighted by Crippen LogP contribution is 2.44. The van der Waals surface area contributed by atoms with Crippen molar-refractivity contribution in [3.63, 3.8) is 0 Å². The number of carbonyl (C=O) groups excluding carboxylic acids is 5. The first-order chi connectivity index (χ1) is 35.9. The molecule has 1 unspecified atom stereocenters. The van der Waals surface area contributed by atoms with Crippen molar-refractivity contribution in [3.8, 4) is 34.5 Å². The summed E-state index contributed by atoms with van der Waals surface area (Å²) in [6.45, 7) is -1.58. The molecule has 0 fully saturated rings. The number of esters is 2. The number of hydrogen-bond donors (Lipinski definition) is 3. The Morgan fingerprint density at radius 2 is 0.947 bits per heavy atom. The third kappa shape index (κ3) is 12.9. The molecule has 8 aromatic carbocycles. The number of ether oxygens (including phenoxy) is 3. The number of aliphatic hydroxyl groups is 1. The fraction of sp³-hybridized carbons (Fsp3) is 0.0536. The van der Waals surface area contributed by atoms with Gasteiger partial charge in [-0.3, -0.25) is 24.2 Å². The molecule has 2 amide bonds. The van der Waals surface area contributed by atoms with Crippen LogP contribution in [0.15, 0.2) is 188 Å². The van der Waals surface area contributed by atoms with Crippen LogP contribution in [0, 0.1) is 11.6 Å². The third-order valence-electron chi connectivity index (χ3n) is 11.1. The topological polar surface area (TPSA) is 180 Å². The van der Waals surface area contributed by atoms with Gasteiger partial charge in [-0.2, -0.15) is 0 Å². The van der Waals surface area contributed by atoms with Crippen molar-refractivity contribution in [2.45, 2.75) is 6.10 Å². The van der Waals surface area contributed by atoms with Crippen molar-refractivity contribution in [1.29, 1.82) is 0 Å². The lowest BCUT2D eigenvalue weighted by molar-refractivity contribution is -0.157. The Bertz CT molecular complexity index is 3450. The lowest BCUT2D eigenvalue weighted by Crippen LogP contribution is -2.40. The number of amides is 2. The van der Waals surface area contributed by atoms with Crippen LogP contribution in [0.3, 0.4) is 0 Å². The van der Waals surface area contributed by atoms with Gasteiger partial charge in [-0.15, -0.1) is 0 Å². The van der Waals surface area contributed by atoms with Gasteiger partial charge in [0.15, 0.2) is 17.3 Å². The molecule has 378 valence electrons. The number of benzene rings is 8. The summed E-state index contributed by atoms with van der Waals surface area (Å²) in [5, 5.41) is 32.2. The van der Waals surface area contributed by atoms with Gasteiger partial charge in [0.05, 0.1) is 23.5 Å². The predicted octanol–water partition coefficient (Wildman–Crippen LogP) is 13.4. The molecular weight excluding hydrogens is 1230 g/mol. The number of phenolic OH excluding ortho intramolecular Hbond substituents is 2. The predicted molar refractivity (Wildman–Crippen MR) is 288 cm³/mol. The second kappa shape index (κ2) is 23.8. The highest BCUT2D eigenvalue weighted by Gasteiger charge is 2.29. The first-order valence-electron chi connectivity index (χ1n) is 22.1. The quantitative estimate of drug-likeness (QED) is 0.0476. The van der Waals surface area contributed by atoms with Gasteiger partial charge in [-0.05, 0) is 178 Å². The second-order valence-electron chi connectivity index (χ2n) is 16.2. The molecule has 0 heterocycles. The molecule has 19 heteroatoms. The number of halogens is 6. The van der Waals surface area contributed by atoms with Gasteiger partial charge in [0, 0.05) is 33.6 Å². The van der Waals surface area contributed by atoms with Crippen LogP contribution >= 0.6 is 63.7 Å². The molecule has 0 aliphatic carbocycles. The molecule has 0 bridgehead atoms. The van der Waals surface area contributed by atoms with Crippen LogP contribution in [0.5, 0.6) is 34.5 Å². The van der Waals surface area contributed by atoms with E-state index in [1.807, 2.05) is 0 Å². The van der Waals surface area contributed by atoms with Gasteiger partial charge >= 0.3 is 11.9 Å². The molecule has 13 nitrogen and oxygen atoms in total. The summed E-state index contributed by atoms with van der Waals surface area (Å²) in [4.78, 5) is 71.4. The average Bonchev–Trinajstić information content (AvgIpc) is 3.40. The van der Waals surface area contributed by atoms with Crippen LogP contribution in [0.25, 0.3) is 0 Å². The molecule has 0 aromatic heterocycles. The number of anilines is 2. The SMILES string of the molecule is O=C(CN(C(=O)c1ccccc1)c1cc(Br)c(Oc2ccc(O)c(C(=O)c3cccc(F)c3)c2)c(Br)c1)OC(=O)CN(C(=O)c1ccccc1)c1cc(Br)c(Oc2ccc(O)c(C(O)c3ccc(F)cc3)c2)c(Br)c1. The first-order valence-corrected chi connectivity index (χ1v) is 25.3. The number of hydrogen-bond acceptors (Lipinski definition) is 11. The van der Waals surface area contributed by atoms with E-state index in [0.29, 0.717) is 5.56 Å². The van der Waals surface area contributed by atoms with Crippen LogP contribution in [0.4, 0.5) is 20.2 Å². The largest absolute Gasteiger partial charge is 0.508 e. The van der Waals surface area contributed by atoms with Crippen LogP contribution in [0.1, 0.15) is 53.9 Å². The van der Waals surface area contributed by atoms with Gasteiger partial charge in [0.1, 0.15) is 53.8 Å². The maximum Gasteiger partial charge on any atom is 0.333 e. The van der Waals surface area contributed by atoms with E-state index in [1.165, 1.54) is 127 Å². The molecule has 8 aromatic rings. The van der Waals surface area contributed by atoms with E-state index in [2.05, 4.69) is 63.7 Å². The maximum atomic E-state index is 14.2. The molecule has 1 atom stereocenters. The number of rotatable bonds is 16. The minimum Gasteiger partial charge on any atom is -0.508 e. The average molecular weight is 1270 g/mol. The van der Waals surface area contributed by atoms with Crippen molar-refractivity contribution in [3.05, 3.63) is 233 Å². The Morgan fingerprint density at radius 1 is 0.493 bits per heavy atom. The Kier molecular flexibility index (Phi) is 17.0. The Morgan fingerprint density at radius 3 is 1.43 bits per heavy atom. The summed E-state index contributed by atoms with van der Waals surface area (Å²) in [5.74, 6) is -5.38. The molecule has 0 saturated carbocycles. The number of carbonyl (C=O) groups is 5. The van der Waals surface area contributed by atoms with Crippen molar-refractivity contribution in [2.75, 3.05) is 22.9 Å². The van der Waals surface area contributed by atoms with E-state index in [9.17, 15) is 48.1 Å². The van der Waals surface area contributed by atoms with Crippen LogP contribution in [-0.2, 0) is 14.3 Å². The Balaban J connectivity index is 1.03. The summed E-state index contributed by atoms with van der Waals surface area (Å²) in [7, 11) is 0. The Labute approximate surface area is 460 Å². The lowest BCUT2D eigenvalue weighted by Gasteiger charge is -2.25. The first kappa shape index (κ1) is 53.7. The van der Waals surface area contributed by atoms with Crippen molar-refractivity contribution in [2.24, 2.45) is 0 Å². The standard InChI is InChI=1S/C56H36Br4F2N2O11/c57-43-23-37(24-44(58)53(43)73-39-18-20-47(65)41(27-39)51(69)31-14-16-35(61)17-15-31)63(55(71)32-8-3-1-4-9-32)29-49(67)75-50(68)30-64(56(72)33-10-5-2-6-11-33)38-25-45(59)54(46(60)26-38)74-40-19-21-48(66)42(28-40)52(70)34-12-7-13-36(62)22-34/h1-28,51,65-66,69H,29-30H2. The second-order valence-corrected chi connectivity index (χ2v) is 19.7. The van der Waals surface area contributed by atoms with Crippen molar-refractivity contribution in [1.82, 2.24) is 0 Å². The lowest BCUT2D eigenvalue weighted by atomic mass is 10.0. The van der Waals surface area contributed by atoms with Crippen LogP contribution < -0.4 is 19.3 Å². The van der Waals surface area contributed by atoms with Gasteiger partial charge in [0.25, 0.3) is 11.8 Å². The van der Waals surface area contributed by atoms with Crippen LogP contribution in [-0.4, -0.2) is 57.9 Å². The summed E-state index contributed by atoms with van der Waals surface area (Å²) < 4.78 is 46.2. The van der Waals surface area contributed by atoms with E-state index >= 15 is 0 Å². The molecule has 0 aliphatic heterocycles. The number of nitrogens with zero attached hydrogens (tertiary/aromatic N) is 2. The summed E-state index contributed by atoms with van der Waals surface area (Å²) in [6.07, 6.45) is -1.33. The molecule has 75 heavy (non-hydrogen) atoms. The minimum atomic E-state index is -1.33. The number of aromatic hydroxyl groups is 2. The van der Waals surface area contributed by atoms with E-state index in [0.717, 1.165) is 15.9 Å². The summed E-state index contributed by atoms with van der Waals surface area (Å²) in [5.41, 5.74) is 0.898. The fourth-order valence-electron chi connectivity index (χ4n) is 7.50. The fourth-order valence-corrected chi connectivity index (χ4v) is 10.2. The van der Waals surface area contributed by atoms with Crippen molar-refractivity contribution >= 4 is 105 Å². The highest BCUT2D eigenvalue weighted by atomic mass is 79.9. The van der Waals surface area contributed by atoms with E-state index in [-0.39, 0.29) is 91.6 Å². The van der Waals surface area contributed by atoms with Gasteiger partial charge in [0.2, 0.25) is 0 Å². The number of phenols is 2. The Hall–Kier alpha value is -7.55. The smallest absolute Gasteiger partial charge is 0.333 e. The zero-order valence-electron chi connectivity index (χ0n) is 38.4. The van der Waals surface area contributed by atoms with Gasteiger partial charge in [-0.1, -0.05) is 60.7 Å². The summed E-state index contributed by atoms with van der Waals surface area (Å²) in [6, 6.07) is 40.2. The third-order valence-corrected chi connectivity index (χ3v) is 13.5. The monoisotopic (exact) mass is 1270 g/mol. The molecule has 0 spiro atoms. The minimum absolute atomic E-state index is 0.00181. The molecule has 0 radical (unpaired) electrons. The van der Waals surface area contributed by atoms with Crippen molar-refractivity contribution < 1.29 is 62.3 Å². The van der Waals surface area contributed by atoms with E-state index in [4.69, 9.17) is 14.2 Å². The normalized spacial score (nSPS) is 11.3. The molecular formula is C56H36Br4F2N2O11. The van der Waals surface area contributed by atoms with Crippen LogP contribution in [0.2, 0.25) is 0 Å². The zero-order valence-corrected chi connectivity index (χ0v) is 44.8. The molecule has 3 N–H and O–H groups in total. The highest BCUT2D eigenvalue weighted by molar-refractivity contribution is 9.11.